The number of thiazole rings is 1. The summed E-state index contributed by atoms with van der Waals surface area (Å²) < 4.78 is 92.8. The Morgan fingerprint density at radius 2 is 1.58 bits per heavy atom. The zero-order valence-corrected chi connectivity index (χ0v) is 16.7. The molecule has 0 amide bonds. The van der Waals surface area contributed by atoms with Crippen LogP contribution in [0.25, 0.3) is 0 Å². The van der Waals surface area contributed by atoms with E-state index in [2.05, 4.69) is 10.3 Å². The molecule has 10 heteroatoms. The van der Waals surface area contributed by atoms with Gasteiger partial charge in [0.25, 0.3) is 0 Å². The predicted molar refractivity (Wildman–Crippen MR) is 103 cm³/mol. The highest BCUT2D eigenvalue weighted by Crippen LogP contribution is 2.39. The van der Waals surface area contributed by atoms with Crippen molar-refractivity contribution in [2.75, 3.05) is 6.54 Å². The third-order valence-corrected chi connectivity index (χ3v) is 5.60. The maximum absolute atomic E-state index is 14.3. The highest BCUT2D eigenvalue weighted by Gasteiger charge is 2.41. The van der Waals surface area contributed by atoms with Gasteiger partial charge < -0.3 is 5.32 Å². The summed E-state index contributed by atoms with van der Waals surface area (Å²) in [4.78, 5) is 4.17. The van der Waals surface area contributed by atoms with E-state index in [1.165, 1.54) is 6.20 Å². The highest BCUT2D eigenvalue weighted by atomic mass is 32.1. The number of aromatic nitrogens is 1. The lowest BCUT2D eigenvalue weighted by Crippen LogP contribution is -2.47. The summed E-state index contributed by atoms with van der Waals surface area (Å²) in [7, 11) is 0. The Kier molecular flexibility index (Phi) is 6.70. The Morgan fingerprint density at radius 1 is 0.903 bits per heavy atom. The summed E-state index contributed by atoms with van der Waals surface area (Å²) in [6.45, 7) is -0.590. The van der Waals surface area contributed by atoms with Gasteiger partial charge in [-0.15, -0.1) is 11.3 Å². The van der Waals surface area contributed by atoms with Gasteiger partial charge in [0, 0.05) is 24.5 Å². The van der Waals surface area contributed by atoms with Crippen LogP contribution in [0.2, 0.25) is 0 Å². The van der Waals surface area contributed by atoms with E-state index in [1.54, 1.807) is 35.7 Å². The summed E-state index contributed by atoms with van der Waals surface area (Å²) in [5.41, 5.74) is -2.34. The second-order valence-electron chi connectivity index (χ2n) is 6.92. The van der Waals surface area contributed by atoms with Crippen LogP contribution in [0.3, 0.4) is 0 Å². The lowest BCUT2D eigenvalue weighted by molar-refractivity contribution is -0.137. The molecule has 1 atom stereocenters. The predicted octanol–water partition coefficient (Wildman–Crippen LogP) is 6.33. The fraction of sp³-hybridized carbons (Fsp3) is 0.286. The van der Waals surface area contributed by atoms with E-state index in [0.717, 1.165) is 23.5 Å². The second-order valence-corrected chi connectivity index (χ2v) is 7.82. The summed E-state index contributed by atoms with van der Waals surface area (Å²) in [5, 5.41) is 4.55. The molecule has 1 heterocycles. The molecule has 0 saturated carbocycles. The van der Waals surface area contributed by atoms with Crippen LogP contribution >= 0.6 is 11.3 Å². The minimum atomic E-state index is -4.83. The van der Waals surface area contributed by atoms with E-state index in [1.807, 2.05) is 0 Å². The number of nitrogens with one attached hydrogen (secondary N) is 1. The first-order valence-corrected chi connectivity index (χ1v) is 10.0. The number of hydrogen-bond acceptors (Lipinski definition) is 3. The van der Waals surface area contributed by atoms with E-state index >= 15 is 0 Å². The smallest absolute Gasteiger partial charge is 0.301 e. The fourth-order valence-corrected chi connectivity index (χ4v) is 4.13. The van der Waals surface area contributed by atoms with Crippen LogP contribution in [-0.2, 0) is 18.1 Å². The molecule has 0 fully saturated rings. The van der Waals surface area contributed by atoms with Crippen LogP contribution in [0.15, 0.2) is 60.1 Å². The molecule has 0 radical (unpaired) electrons. The van der Waals surface area contributed by atoms with Gasteiger partial charge in [0.05, 0.1) is 12.0 Å². The first kappa shape index (κ1) is 23.2. The zero-order valence-electron chi connectivity index (χ0n) is 15.9. The number of nitrogens with zero attached hydrogens (tertiary/aromatic N) is 1. The monoisotopic (exact) mass is 462 g/mol. The molecule has 31 heavy (non-hydrogen) atoms. The Balaban J connectivity index is 2.17. The lowest BCUT2D eigenvalue weighted by atomic mass is 9.83. The molecule has 0 aliphatic heterocycles. The molecule has 166 valence electrons. The Hall–Kier alpha value is -2.46. The maximum Gasteiger partial charge on any atom is 0.416 e. The maximum atomic E-state index is 14.3. The highest BCUT2D eigenvalue weighted by molar-refractivity contribution is 7.09. The SMILES string of the molecule is Fc1cc(C(F)(F)F)cc(C(Cc2ccccc2)(NCCC(F)(F)F)c2nccs2)c1. The molecule has 1 N–H and O–H groups in total. The zero-order chi connectivity index (χ0) is 22.7. The molecule has 0 bridgehead atoms. The third kappa shape index (κ3) is 5.82. The summed E-state index contributed by atoms with van der Waals surface area (Å²) in [6.07, 6.45) is -9.15. The van der Waals surface area contributed by atoms with Crippen molar-refractivity contribution in [1.29, 1.82) is 0 Å². The summed E-state index contributed by atoms with van der Waals surface area (Å²) in [6, 6.07) is 10.5. The van der Waals surface area contributed by atoms with E-state index in [0.29, 0.717) is 11.6 Å². The van der Waals surface area contributed by atoms with E-state index in [4.69, 9.17) is 0 Å². The molecule has 0 aliphatic rings. The number of alkyl halides is 6. The average Bonchev–Trinajstić information content (AvgIpc) is 3.21. The first-order chi connectivity index (χ1) is 14.5. The molecule has 0 spiro atoms. The summed E-state index contributed by atoms with van der Waals surface area (Å²) in [5.74, 6) is -1.14. The van der Waals surface area contributed by atoms with Crippen LogP contribution in [0.5, 0.6) is 0 Å². The lowest BCUT2D eigenvalue weighted by Gasteiger charge is -2.35. The molecule has 1 aromatic heterocycles. The molecule has 3 aromatic rings. The van der Waals surface area contributed by atoms with Gasteiger partial charge in [0.1, 0.15) is 16.4 Å². The Bertz CT molecular complexity index is 985. The van der Waals surface area contributed by atoms with Crippen LogP contribution in [0, 0.1) is 5.82 Å². The molecule has 2 aromatic carbocycles. The number of rotatable bonds is 7. The van der Waals surface area contributed by atoms with Gasteiger partial charge in [-0.3, -0.25) is 0 Å². The van der Waals surface area contributed by atoms with Gasteiger partial charge in [-0.05, 0) is 29.3 Å². The van der Waals surface area contributed by atoms with Crippen molar-refractivity contribution in [3.8, 4) is 0 Å². The Labute approximate surface area is 177 Å². The van der Waals surface area contributed by atoms with Gasteiger partial charge >= 0.3 is 12.4 Å². The minimum absolute atomic E-state index is 0.0278. The van der Waals surface area contributed by atoms with Gasteiger partial charge in [-0.2, -0.15) is 26.3 Å². The molecular formula is C21H17F7N2S. The van der Waals surface area contributed by atoms with Crippen molar-refractivity contribution in [3.05, 3.63) is 87.6 Å². The van der Waals surface area contributed by atoms with Crippen LogP contribution in [0.4, 0.5) is 30.7 Å². The molecule has 0 saturated heterocycles. The topological polar surface area (TPSA) is 24.9 Å². The van der Waals surface area contributed by atoms with Crippen molar-refractivity contribution in [1.82, 2.24) is 10.3 Å². The van der Waals surface area contributed by atoms with Crippen molar-refractivity contribution < 1.29 is 30.7 Å². The standard InChI is InChI=1S/C21H17F7N2S/c22-17-11-15(10-16(12-17)21(26,27)28)19(18-29-8-9-31-18,30-7-6-20(23,24)25)13-14-4-2-1-3-5-14/h1-5,8-12,30H,6-7,13H2. The molecular weight excluding hydrogens is 445 g/mol. The van der Waals surface area contributed by atoms with Crippen LogP contribution in [0.1, 0.15) is 28.1 Å². The molecule has 0 aliphatic carbocycles. The quantitative estimate of drug-likeness (QED) is 0.415. The number of hydrogen-bond donors (Lipinski definition) is 1. The molecule has 3 rings (SSSR count). The van der Waals surface area contributed by atoms with Crippen molar-refractivity contribution in [2.24, 2.45) is 0 Å². The van der Waals surface area contributed by atoms with Crippen LogP contribution < -0.4 is 5.32 Å². The average molecular weight is 462 g/mol. The number of halogens is 7. The van der Waals surface area contributed by atoms with E-state index in [9.17, 15) is 30.7 Å². The Morgan fingerprint density at radius 3 is 2.16 bits per heavy atom. The fourth-order valence-electron chi connectivity index (χ4n) is 3.29. The minimum Gasteiger partial charge on any atom is -0.301 e. The van der Waals surface area contributed by atoms with Crippen molar-refractivity contribution in [3.63, 3.8) is 0 Å². The van der Waals surface area contributed by atoms with Gasteiger partial charge in [-0.25, -0.2) is 9.37 Å². The molecule has 2 nitrogen and oxygen atoms in total. The van der Waals surface area contributed by atoms with E-state index in [-0.39, 0.29) is 17.0 Å². The van der Waals surface area contributed by atoms with Crippen molar-refractivity contribution >= 4 is 11.3 Å². The van der Waals surface area contributed by atoms with Gasteiger partial charge in [0.15, 0.2) is 0 Å². The van der Waals surface area contributed by atoms with Gasteiger partial charge in [-0.1, -0.05) is 30.3 Å². The second kappa shape index (κ2) is 8.96. The van der Waals surface area contributed by atoms with Gasteiger partial charge in [0.2, 0.25) is 0 Å². The van der Waals surface area contributed by atoms with Crippen molar-refractivity contribution in [2.45, 2.75) is 30.7 Å². The first-order valence-electron chi connectivity index (χ1n) is 9.13. The van der Waals surface area contributed by atoms with Crippen LogP contribution in [-0.4, -0.2) is 17.7 Å². The summed E-state index contributed by atoms with van der Waals surface area (Å²) >= 11 is 1.06. The normalized spacial score (nSPS) is 14.4. The molecule has 1 unspecified atom stereocenters. The largest absolute Gasteiger partial charge is 0.416 e. The third-order valence-electron chi connectivity index (χ3n) is 4.66. The van der Waals surface area contributed by atoms with E-state index < -0.39 is 42.2 Å². The number of benzene rings is 2.